The van der Waals surface area contributed by atoms with Crippen LogP contribution in [0.5, 0.6) is 0 Å². The minimum Gasteiger partial charge on any atom is -0.299 e. The first-order valence-electron chi connectivity index (χ1n) is 7.94. The van der Waals surface area contributed by atoms with Gasteiger partial charge in [0.1, 0.15) is 11.5 Å². The number of carbonyl (C=O) groups is 2. The number of Topliss-reactive ketones (excluding diaryl/α,β-unsaturated/α-hetero) is 1. The molecule has 3 aliphatic rings. The highest BCUT2D eigenvalue weighted by Gasteiger charge is 2.61. The van der Waals surface area contributed by atoms with Gasteiger partial charge in [0.2, 0.25) is 0 Å². The molecule has 5 nitrogen and oxygen atoms in total. The Kier molecular flexibility index (Phi) is 2.75. The number of aromatic nitrogens is 2. The lowest BCUT2D eigenvalue weighted by Gasteiger charge is -2.24. The Morgan fingerprint density at radius 3 is 2.52 bits per heavy atom. The Bertz CT molecular complexity index is 591. The Morgan fingerprint density at radius 2 is 2.00 bits per heavy atom. The quantitative estimate of drug-likeness (QED) is 0.772. The minimum absolute atomic E-state index is 0.317. The maximum atomic E-state index is 12.2. The molecule has 1 aliphatic heterocycles. The molecular weight excluding hydrogens is 266 g/mol. The summed E-state index contributed by atoms with van der Waals surface area (Å²) in [7, 11) is 0. The van der Waals surface area contributed by atoms with Crippen LogP contribution in [0.1, 0.15) is 48.8 Å². The monoisotopic (exact) mass is 287 g/mol. The van der Waals surface area contributed by atoms with Gasteiger partial charge in [-0.05, 0) is 36.7 Å². The van der Waals surface area contributed by atoms with E-state index in [0.29, 0.717) is 41.1 Å². The maximum absolute atomic E-state index is 12.2. The van der Waals surface area contributed by atoms with Crippen LogP contribution in [0, 0.1) is 23.7 Å². The molecule has 1 unspecified atom stereocenters. The maximum Gasteiger partial charge on any atom is 0.170 e. The fourth-order valence-electron chi connectivity index (χ4n) is 3.81. The molecule has 112 valence electrons. The van der Waals surface area contributed by atoms with E-state index >= 15 is 0 Å². The highest BCUT2D eigenvalue weighted by atomic mass is 16.1. The highest BCUT2D eigenvalue weighted by Crippen LogP contribution is 2.54. The average molecular weight is 287 g/mol. The van der Waals surface area contributed by atoms with E-state index in [2.05, 4.69) is 24.0 Å². The summed E-state index contributed by atoms with van der Waals surface area (Å²) in [5.74, 6) is 2.57. The fraction of sp³-hybridized carbons (Fsp3) is 0.688. The average Bonchev–Trinajstić information content (AvgIpc) is 3.33. The number of fused-ring (bicyclic) bond motifs is 1. The first-order chi connectivity index (χ1) is 10.1. The predicted octanol–water partition coefficient (Wildman–Crippen LogP) is 1.61. The van der Waals surface area contributed by atoms with Crippen LogP contribution < -0.4 is 5.01 Å². The summed E-state index contributed by atoms with van der Waals surface area (Å²) in [6.07, 6.45) is 3.02. The lowest BCUT2D eigenvalue weighted by molar-refractivity contribution is -0.122. The van der Waals surface area contributed by atoms with Crippen LogP contribution in [-0.2, 0) is 4.79 Å². The van der Waals surface area contributed by atoms with Gasteiger partial charge < -0.3 is 0 Å². The van der Waals surface area contributed by atoms with Gasteiger partial charge in [0.15, 0.2) is 6.29 Å². The van der Waals surface area contributed by atoms with E-state index in [1.807, 2.05) is 10.9 Å². The molecule has 3 atom stereocenters. The van der Waals surface area contributed by atoms with Crippen molar-refractivity contribution in [2.75, 3.05) is 18.1 Å². The van der Waals surface area contributed by atoms with Gasteiger partial charge in [0.25, 0.3) is 0 Å². The van der Waals surface area contributed by atoms with E-state index in [1.54, 1.807) is 0 Å². The molecule has 0 aromatic carbocycles. The van der Waals surface area contributed by atoms with Gasteiger partial charge in [-0.3, -0.25) is 14.6 Å². The molecule has 1 aromatic rings. The van der Waals surface area contributed by atoms with E-state index in [4.69, 9.17) is 0 Å². The Hall–Kier alpha value is -1.65. The topological polar surface area (TPSA) is 55.2 Å². The van der Waals surface area contributed by atoms with Gasteiger partial charge in [0, 0.05) is 24.9 Å². The summed E-state index contributed by atoms with van der Waals surface area (Å²) in [6.45, 7) is 6.01. The van der Waals surface area contributed by atoms with Crippen molar-refractivity contribution in [3.63, 3.8) is 0 Å². The third-order valence-corrected chi connectivity index (χ3v) is 5.20. The second-order valence-corrected chi connectivity index (χ2v) is 7.06. The summed E-state index contributed by atoms with van der Waals surface area (Å²) < 4.78 is 0. The number of rotatable bonds is 5. The molecule has 0 amide bonds. The second kappa shape index (κ2) is 4.42. The van der Waals surface area contributed by atoms with Crippen LogP contribution in [0.4, 0.5) is 0 Å². The van der Waals surface area contributed by atoms with E-state index < -0.39 is 0 Å². The summed E-state index contributed by atoms with van der Waals surface area (Å²) in [4.78, 5) is 25.0. The number of hydrogen-bond donors (Lipinski definition) is 0. The molecule has 1 saturated heterocycles. The number of ketones is 1. The van der Waals surface area contributed by atoms with Gasteiger partial charge >= 0.3 is 0 Å². The van der Waals surface area contributed by atoms with Crippen LogP contribution in [0.2, 0.25) is 0 Å². The first kappa shape index (κ1) is 13.0. The van der Waals surface area contributed by atoms with Crippen molar-refractivity contribution in [1.29, 1.82) is 0 Å². The molecule has 4 rings (SSSR count). The van der Waals surface area contributed by atoms with E-state index in [9.17, 15) is 9.59 Å². The molecular formula is C16H21N3O2. The Morgan fingerprint density at radius 1 is 1.33 bits per heavy atom. The predicted molar refractivity (Wildman–Crippen MR) is 77.9 cm³/mol. The number of piperidine rings is 1. The molecule has 2 aliphatic carbocycles. The standard InChI is InChI=1S/C16H21N3O2/c1-9(2)14-5-11(8-20)17-19(14)18-6-12-13(7-18)15(12)16(21)10-3-4-10/h5,8-10,12-13,15H,3-4,6-7H2,1-2H3/t12-,13+,15?. The van der Waals surface area contributed by atoms with Gasteiger partial charge in [-0.25, -0.2) is 0 Å². The molecule has 0 bridgehead atoms. The Balaban J connectivity index is 1.49. The smallest absolute Gasteiger partial charge is 0.170 e. The molecule has 3 fully saturated rings. The summed E-state index contributed by atoms with van der Waals surface area (Å²) in [5.41, 5.74) is 1.56. The van der Waals surface area contributed by atoms with Crippen LogP contribution in [0.3, 0.4) is 0 Å². The zero-order chi connectivity index (χ0) is 14.7. The van der Waals surface area contributed by atoms with Gasteiger partial charge in [-0.15, -0.1) is 5.10 Å². The number of hydrogen-bond acceptors (Lipinski definition) is 4. The summed E-state index contributed by atoms with van der Waals surface area (Å²) in [6, 6.07) is 1.87. The van der Waals surface area contributed by atoms with Crippen LogP contribution in [0.15, 0.2) is 6.07 Å². The fourth-order valence-corrected chi connectivity index (χ4v) is 3.81. The van der Waals surface area contributed by atoms with Crippen molar-refractivity contribution >= 4 is 12.1 Å². The third kappa shape index (κ3) is 2.01. The zero-order valence-electron chi connectivity index (χ0n) is 12.5. The lowest BCUT2D eigenvalue weighted by Crippen LogP contribution is -2.38. The largest absolute Gasteiger partial charge is 0.299 e. The summed E-state index contributed by atoms with van der Waals surface area (Å²) >= 11 is 0. The Labute approximate surface area is 124 Å². The first-order valence-corrected chi connectivity index (χ1v) is 7.94. The van der Waals surface area contributed by atoms with E-state index in [-0.39, 0.29) is 0 Å². The third-order valence-electron chi connectivity index (χ3n) is 5.20. The normalized spacial score (nSPS) is 30.6. The number of carbonyl (C=O) groups excluding carboxylic acids is 2. The molecule has 2 heterocycles. The van der Waals surface area contributed by atoms with Crippen molar-refractivity contribution in [3.05, 3.63) is 17.5 Å². The number of aldehydes is 1. The molecule has 0 N–H and O–H groups in total. The molecule has 21 heavy (non-hydrogen) atoms. The van der Waals surface area contributed by atoms with Gasteiger partial charge in [0.05, 0.1) is 5.69 Å². The minimum atomic E-state index is 0.317. The van der Waals surface area contributed by atoms with Crippen molar-refractivity contribution < 1.29 is 9.59 Å². The second-order valence-electron chi connectivity index (χ2n) is 7.06. The summed E-state index contributed by atoms with van der Waals surface area (Å²) in [5, 5.41) is 6.60. The SMILES string of the molecule is CC(C)c1cc(C=O)nn1N1C[C@@H]2C(C(=O)C3CC3)[C@@H]2C1. The van der Waals surface area contributed by atoms with E-state index in [1.165, 1.54) is 0 Å². The zero-order valence-corrected chi connectivity index (χ0v) is 12.5. The molecule has 2 saturated carbocycles. The molecule has 0 spiro atoms. The molecule has 5 heteroatoms. The van der Waals surface area contributed by atoms with Crippen LogP contribution in [-0.4, -0.2) is 35.0 Å². The molecule has 0 radical (unpaired) electrons. The lowest BCUT2D eigenvalue weighted by atomic mass is 10.1. The van der Waals surface area contributed by atoms with Crippen molar-refractivity contribution in [1.82, 2.24) is 9.89 Å². The van der Waals surface area contributed by atoms with E-state index in [0.717, 1.165) is 37.9 Å². The van der Waals surface area contributed by atoms with Crippen LogP contribution >= 0.6 is 0 Å². The van der Waals surface area contributed by atoms with Crippen LogP contribution in [0.25, 0.3) is 0 Å². The highest BCUT2D eigenvalue weighted by molar-refractivity contribution is 5.88. The van der Waals surface area contributed by atoms with Crippen molar-refractivity contribution in [2.24, 2.45) is 23.7 Å². The van der Waals surface area contributed by atoms with Gasteiger partial charge in [-0.2, -0.15) is 4.79 Å². The van der Waals surface area contributed by atoms with Crippen molar-refractivity contribution in [2.45, 2.75) is 32.6 Å². The van der Waals surface area contributed by atoms with Gasteiger partial charge in [-0.1, -0.05) is 13.8 Å². The molecule has 1 aromatic heterocycles. The van der Waals surface area contributed by atoms with Crippen molar-refractivity contribution in [3.8, 4) is 0 Å². The number of nitrogens with zero attached hydrogens (tertiary/aromatic N) is 3.